The number of nitrogens with two attached hydrogens (primary N) is 1. The van der Waals surface area contributed by atoms with Crippen molar-refractivity contribution in [2.45, 2.75) is 38.5 Å². The molecule has 5 heteroatoms. The second-order valence-corrected chi connectivity index (χ2v) is 7.30. The summed E-state index contributed by atoms with van der Waals surface area (Å²) in [6.45, 7) is 3.58. The molecule has 1 aliphatic carbocycles. The molecule has 0 atom stereocenters. The quantitative estimate of drug-likeness (QED) is 0.888. The van der Waals surface area contributed by atoms with E-state index in [0.29, 0.717) is 31.8 Å². The van der Waals surface area contributed by atoms with Gasteiger partial charge in [-0.2, -0.15) is 0 Å². The van der Waals surface area contributed by atoms with Crippen LogP contribution in [0.1, 0.15) is 38.5 Å². The zero-order valence-electron chi connectivity index (χ0n) is 14.4. The van der Waals surface area contributed by atoms with Crippen LogP contribution < -0.4 is 10.6 Å². The number of anilines is 1. The molecular weight excluding hydrogens is 302 g/mol. The molecule has 24 heavy (non-hydrogen) atoms. The van der Waals surface area contributed by atoms with Crippen molar-refractivity contribution < 1.29 is 9.90 Å². The van der Waals surface area contributed by atoms with E-state index in [-0.39, 0.29) is 11.3 Å². The first-order valence-electron chi connectivity index (χ1n) is 9.14. The summed E-state index contributed by atoms with van der Waals surface area (Å²) in [4.78, 5) is 16.9. The molecule has 1 amide bonds. The lowest BCUT2D eigenvalue weighted by atomic mass is 9.71. The van der Waals surface area contributed by atoms with Crippen LogP contribution in [-0.2, 0) is 4.79 Å². The van der Waals surface area contributed by atoms with Gasteiger partial charge in [-0.25, -0.2) is 0 Å². The maximum Gasteiger partial charge on any atom is 0.223 e. The summed E-state index contributed by atoms with van der Waals surface area (Å²) < 4.78 is 0. The molecule has 1 saturated heterocycles. The Morgan fingerprint density at radius 3 is 2.38 bits per heavy atom. The molecule has 1 heterocycles. The van der Waals surface area contributed by atoms with Crippen LogP contribution in [0.3, 0.4) is 0 Å². The van der Waals surface area contributed by atoms with E-state index in [0.717, 1.165) is 31.6 Å². The minimum Gasteiger partial charge on any atom is -0.506 e. The molecule has 0 spiro atoms. The van der Waals surface area contributed by atoms with E-state index in [1.54, 1.807) is 6.07 Å². The number of phenols is 1. The van der Waals surface area contributed by atoms with Crippen molar-refractivity contribution in [1.29, 1.82) is 0 Å². The molecule has 2 fully saturated rings. The topological polar surface area (TPSA) is 69.8 Å². The molecule has 3 N–H and O–H groups in total. The monoisotopic (exact) mass is 331 g/mol. The van der Waals surface area contributed by atoms with Crippen LogP contribution >= 0.6 is 0 Å². The molecular formula is C19H29N3O2. The average Bonchev–Trinajstić information content (AvgIpc) is 2.63. The lowest BCUT2D eigenvalue weighted by molar-refractivity contribution is -0.134. The number of benzene rings is 1. The highest BCUT2D eigenvalue weighted by atomic mass is 16.3. The Labute approximate surface area is 144 Å². The Balaban J connectivity index is 1.56. The van der Waals surface area contributed by atoms with Gasteiger partial charge in [0, 0.05) is 32.6 Å². The Bertz CT molecular complexity index is 561. The van der Waals surface area contributed by atoms with E-state index >= 15 is 0 Å². The fourth-order valence-corrected chi connectivity index (χ4v) is 4.12. The van der Waals surface area contributed by atoms with Gasteiger partial charge in [-0.3, -0.25) is 4.79 Å². The Hall–Kier alpha value is -1.75. The lowest BCUT2D eigenvalue weighted by Crippen LogP contribution is -2.50. The van der Waals surface area contributed by atoms with E-state index in [4.69, 9.17) is 5.73 Å². The summed E-state index contributed by atoms with van der Waals surface area (Å²) in [6.07, 6.45) is 6.45. The molecule has 0 unspecified atom stereocenters. The molecule has 1 aromatic carbocycles. The van der Waals surface area contributed by atoms with Gasteiger partial charge < -0.3 is 20.6 Å². The Morgan fingerprint density at radius 2 is 1.75 bits per heavy atom. The van der Waals surface area contributed by atoms with Crippen LogP contribution in [0.4, 0.5) is 5.69 Å². The van der Waals surface area contributed by atoms with E-state index in [9.17, 15) is 9.90 Å². The molecule has 0 bridgehead atoms. The van der Waals surface area contributed by atoms with Gasteiger partial charge in [0.1, 0.15) is 5.75 Å². The number of carbonyl (C=O) groups excluding carboxylic acids is 1. The van der Waals surface area contributed by atoms with E-state index in [2.05, 4.69) is 4.90 Å². The third-order valence-corrected chi connectivity index (χ3v) is 5.73. The first kappa shape index (κ1) is 17.1. The van der Waals surface area contributed by atoms with Crippen molar-refractivity contribution in [2.24, 2.45) is 11.1 Å². The first-order chi connectivity index (χ1) is 11.6. The van der Waals surface area contributed by atoms with Crippen LogP contribution in [0.5, 0.6) is 5.75 Å². The number of hydrogen-bond donors (Lipinski definition) is 2. The van der Waals surface area contributed by atoms with Gasteiger partial charge in [0.2, 0.25) is 5.91 Å². The number of piperazine rings is 1. The van der Waals surface area contributed by atoms with Crippen molar-refractivity contribution in [2.75, 3.05) is 37.6 Å². The molecule has 132 valence electrons. The molecule has 3 rings (SSSR count). The minimum atomic E-state index is 0.0319. The van der Waals surface area contributed by atoms with Gasteiger partial charge in [0.15, 0.2) is 0 Å². The van der Waals surface area contributed by atoms with Crippen LogP contribution in [0, 0.1) is 5.41 Å². The number of hydrogen-bond acceptors (Lipinski definition) is 4. The number of para-hydroxylation sites is 2. The molecule has 2 aliphatic rings. The van der Waals surface area contributed by atoms with Crippen molar-refractivity contribution in [3.05, 3.63) is 24.3 Å². The fraction of sp³-hybridized carbons (Fsp3) is 0.632. The molecule has 1 saturated carbocycles. The van der Waals surface area contributed by atoms with Crippen LogP contribution in [-0.4, -0.2) is 48.6 Å². The second kappa shape index (κ2) is 7.43. The van der Waals surface area contributed by atoms with Gasteiger partial charge in [-0.15, -0.1) is 0 Å². The summed E-state index contributed by atoms with van der Waals surface area (Å²) in [5, 5.41) is 9.98. The number of aromatic hydroxyl groups is 1. The van der Waals surface area contributed by atoms with Gasteiger partial charge >= 0.3 is 0 Å². The van der Waals surface area contributed by atoms with Crippen molar-refractivity contribution in [1.82, 2.24) is 4.90 Å². The number of phenolic OH excluding ortho intramolecular Hbond substituents is 1. The summed E-state index contributed by atoms with van der Waals surface area (Å²) in [7, 11) is 0. The van der Waals surface area contributed by atoms with Crippen molar-refractivity contribution in [3.63, 3.8) is 0 Å². The Morgan fingerprint density at radius 1 is 1.08 bits per heavy atom. The molecule has 1 aromatic rings. The number of rotatable bonds is 4. The molecule has 5 nitrogen and oxygen atoms in total. The molecule has 1 aliphatic heterocycles. The summed E-state index contributed by atoms with van der Waals surface area (Å²) in [6, 6.07) is 7.40. The third kappa shape index (κ3) is 3.66. The zero-order valence-corrected chi connectivity index (χ0v) is 14.4. The van der Waals surface area contributed by atoms with E-state index < -0.39 is 0 Å². The lowest BCUT2D eigenvalue weighted by Gasteiger charge is -2.40. The maximum atomic E-state index is 12.7. The standard InChI is InChI=1S/C19H29N3O2/c20-15-19(8-4-1-5-9-19)14-18(24)22-12-10-21(11-13-22)16-6-2-3-7-17(16)23/h2-3,6-7,23H,1,4-5,8-15,20H2. The first-order valence-corrected chi connectivity index (χ1v) is 9.14. The predicted molar refractivity (Wildman–Crippen MR) is 96.1 cm³/mol. The van der Waals surface area contributed by atoms with Gasteiger partial charge in [-0.05, 0) is 36.9 Å². The van der Waals surface area contributed by atoms with Gasteiger partial charge in [-0.1, -0.05) is 31.4 Å². The minimum absolute atomic E-state index is 0.0319. The highest BCUT2D eigenvalue weighted by molar-refractivity contribution is 5.77. The van der Waals surface area contributed by atoms with Gasteiger partial charge in [0.25, 0.3) is 0 Å². The van der Waals surface area contributed by atoms with E-state index in [1.807, 2.05) is 23.1 Å². The molecule has 0 aromatic heterocycles. The number of nitrogens with zero attached hydrogens (tertiary/aromatic N) is 2. The van der Waals surface area contributed by atoms with Crippen LogP contribution in [0.15, 0.2) is 24.3 Å². The normalized spacial score (nSPS) is 20.9. The SMILES string of the molecule is NCC1(CC(=O)N2CCN(c3ccccc3O)CC2)CCCCC1. The van der Waals surface area contributed by atoms with Crippen molar-refractivity contribution in [3.8, 4) is 5.75 Å². The number of amides is 1. The third-order valence-electron chi connectivity index (χ3n) is 5.73. The zero-order chi connectivity index (χ0) is 17.0. The summed E-state index contributed by atoms with van der Waals surface area (Å²) >= 11 is 0. The average molecular weight is 331 g/mol. The smallest absolute Gasteiger partial charge is 0.223 e. The predicted octanol–water partition coefficient (Wildman–Crippen LogP) is 2.34. The van der Waals surface area contributed by atoms with Crippen LogP contribution in [0.2, 0.25) is 0 Å². The summed E-state index contributed by atoms with van der Waals surface area (Å²) in [5.41, 5.74) is 6.91. The summed E-state index contributed by atoms with van der Waals surface area (Å²) in [5.74, 6) is 0.556. The largest absolute Gasteiger partial charge is 0.506 e. The highest BCUT2D eigenvalue weighted by Crippen LogP contribution is 2.39. The van der Waals surface area contributed by atoms with Crippen LogP contribution in [0.25, 0.3) is 0 Å². The van der Waals surface area contributed by atoms with E-state index in [1.165, 1.54) is 19.3 Å². The Kier molecular flexibility index (Phi) is 5.29. The van der Waals surface area contributed by atoms with Gasteiger partial charge in [0.05, 0.1) is 5.69 Å². The number of carbonyl (C=O) groups is 1. The fourth-order valence-electron chi connectivity index (χ4n) is 4.12. The highest BCUT2D eigenvalue weighted by Gasteiger charge is 2.35. The maximum absolute atomic E-state index is 12.7. The van der Waals surface area contributed by atoms with Crippen molar-refractivity contribution >= 4 is 11.6 Å². The second-order valence-electron chi connectivity index (χ2n) is 7.30. The molecule has 0 radical (unpaired) electrons.